The summed E-state index contributed by atoms with van der Waals surface area (Å²) in [4.78, 5) is 0.177. The van der Waals surface area contributed by atoms with Gasteiger partial charge in [0.1, 0.15) is 5.60 Å². The summed E-state index contributed by atoms with van der Waals surface area (Å²) in [6, 6.07) is 24.8. The molecule has 0 spiro atoms. The molecule has 3 aromatic rings. The summed E-state index contributed by atoms with van der Waals surface area (Å²) < 4.78 is 35.9. The highest BCUT2D eigenvalue weighted by Gasteiger charge is 2.62. The summed E-state index contributed by atoms with van der Waals surface area (Å²) in [5.74, 6) is 0. The molecule has 0 radical (unpaired) electrons. The molecule has 1 heterocycles. The van der Waals surface area contributed by atoms with Crippen LogP contribution in [0.4, 0.5) is 0 Å². The molecule has 3 atom stereocenters. The minimum atomic E-state index is -4.02. The molecule has 0 aromatic heterocycles. The van der Waals surface area contributed by atoms with Crippen molar-refractivity contribution in [2.24, 2.45) is 0 Å². The van der Waals surface area contributed by atoms with E-state index in [1.807, 2.05) is 62.4 Å². The molecule has 32 heavy (non-hydrogen) atoms. The Kier molecular flexibility index (Phi) is 5.98. The normalized spacial score (nSPS) is 23.7. The van der Waals surface area contributed by atoms with Gasteiger partial charge in [0.15, 0.2) is 5.72 Å². The summed E-state index contributed by atoms with van der Waals surface area (Å²) in [6.07, 6.45) is 0.267. The maximum atomic E-state index is 14.1. The smallest absolute Gasteiger partial charge is 0.246 e. The first-order valence-electron chi connectivity index (χ1n) is 10.8. The third kappa shape index (κ3) is 3.57. The Balaban J connectivity index is 1.94. The fourth-order valence-electron chi connectivity index (χ4n) is 4.64. The zero-order chi connectivity index (χ0) is 23.0. The largest absolute Gasteiger partial charge is 0.381 e. The Bertz CT molecular complexity index is 1160. The van der Waals surface area contributed by atoms with Crippen LogP contribution in [0.3, 0.4) is 0 Å². The van der Waals surface area contributed by atoms with Gasteiger partial charge in [-0.3, -0.25) is 0 Å². The van der Waals surface area contributed by atoms with E-state index in [0.717, 1.165) is 11.1 Å². The molecule has 0 saturated carbocycles. The van der Waals surface area contributed by atoms with Crippen LogP contribution in [0.5, 0.6) is 0 Å². The fraction of sp³-hybridized carbons (Fsp3) is 0.308. The second-order valence-corrected chi connectivity index (χ2v) is 10.2. The number of hydrogen-bond donors (Lipinski definition) is 1. The van der Waals surface area contributed by atoms with Crippen molar-refractivity contribution in [1.82, 2.24) is 4.31 Å². The molecular formula is C26H29NO4S. The van der Waals surface area contributed by atoms with Crippen molar-refractivity contribution in [2.45, 2.75) is 49.5 Å². The van der Waals surface area contributed by atoms with Crippen LogP contribution < -0.4 is 0 Å². The molecule has 3 aromatic carbocycles. The van der Waals surface area contributed by atoms with E-state index < -0.39 is 27.4 Å². The molecule has 0 amide bonds. The van der Waals surface area contributed by atoms with Gasteiger partial charge in [-0.25, -0.2) is 8.42 Å². The van der Waals surface area contributed by atoms with Crippen LogP contribution in [-0.2, 0) is 20.4 Å². The van der Waals surface area contributed by atoms with E-state index in [4.69, 9.17) is 4.74 Å². The van der Waals surface area contributed by atoms with Gasteiger partial charge < -0.3 is 9.84 Å². The summed E-state index contributed by atoms with van der Waals surface area (Å²) in [5, 5.41) is 11.9. The average Bonchev–Trinajstić information content (AvgIpc) is 3.23. The first-order valence-corrected chi connectivity index (χ1v) is 12.3. The van der Waals surface area contributed by atoms with Crippen LogP contribution in [0.15, 0.2) is 89.8 Å². The molecule has 1 aliphatic heterocycles. The van der Waals surface area contributed by atoms with Gasteiger partial charge in [0.2, 0.25) is 10.0 Å². The highest BCUT2D eigenvalue weighted by Crippen LogP contribution is 2.51. The first kappa shape index (κ1) is 22.7. The van der Waals surface area contributed by atoms with Gasteiger partial charge in [-0.1, -0.05) is 85.3 Å². The van der Waals surface area contributed by atoms with E-state index in [1.165, 1.54) is 4.31 Å². The van der Waals surface area contributed by atoms with Crippen LogP contribution in [0, 0.1) is 6.92 Å². The quantitative estimate of drug-likeness (QED) is 0.586. The fourth-order valence-corrected chi connectivity index (χ4v) is 6.61. The Morgan fingerprint density at radius 1 is 1.00 bits per heavy atom. The third-order valence-electron chi connectivity index (χ3n) is 6.46. The van der Waals surface area contributed by atoms with E-state index >= 15 is 0 Å². The topological polar surface area (TPSA) is 66.8 Å². The number of sulfonamides is 1. The van der Waals surface area contributed by atoms with Gasteiger partial charge in [0, 0.05) is 0 Å². The van der Waals surface area contributed by atoms with Crippen molar-refractivity contribution in [3.8, 4) is 0 Å². The van der Waals surface area contributed by atoms with Crippen LogP contribution in [0.1, 0.15) is 43.0 Å². The van der Waals surface area contributed by atoms with Crippen molar-refractivity contribution in [3.63, 3.8) is 0 Å². The first-order chi connectivity index (χ1) is 15.2. The van der Waals surface area contributed by atoms with Crippen LogP contribution in [-0.4, -0.2) is 30.2 Å². The molecule has 1 saturated heterocycles. The van der Waals surface area contributed by atoms with Crippen molar-refractivity contribution in [2.75, 3.05) is 6.61 Å². The lowest BCUT2D eigenvalue weighted by molar-refractivity contribution is -0.198. The average molecular weight is 452 g/mol. The summed E-state index contributed by atoms with van der Waals surface area (Å²) in [7, 11) is -4.02. The summed E-state index contributed by atoms with van der Waals surface area (Å²) in [6.45, 7) is 5.55. The molecule has 4 rings (SSSR count). The maximum Gasteiger partial charge on any atom is 0.246 e. The van der Waals surface area contributed by atoms with Crippen molar-refractivity contribution in [3.05, 3.63) is 102 Å². The third-order valence-corrected chi connectivity index (χ3v) is 8.39. The Labute approximate surface area is 190 Å². The minimum Gasteiger partial charge on any atom is -0.381 e. The van der Waals surface area contributed by atoms with Gasteiger partial charge in [-0.05, 0) is 43.5 Å². The second kappa shape index (κ2) is 8.45. The standard InChI is InChI=1S/C26H29NO4S/c1-4-26(25(3,28)22-13-9-6-10-14-22)27(24(19-31-26)21-11-7-5-8-12-21)32(29,30)23-17-15-20(2)16-18-23/h5-18,24,28H,4,19H2,1-3H3/t24-,25+,26-/m0/s1. The van der Waals surface area contributed by atoms with E-state index in [9.17, 15) is 13.5 Å². The van der Waals surface area contributed by atoms with Crippen molar-refractivity contribution in [1.29, 1.82) is 0 Å². The molecular weight excluding hydrogens is 422 g/mol. The lowest BCUT2D eigenvalue weighted by Crippen LogP contribution is -2.60. The molecule has 1 fully saturated rings. The van der Waals surface area contributed by atoms with E-state index in [2.05, 4.69) is 0 Å². The number of nitrogens with zero attached hydrogens (tertiary/aromatic N) is 1. The Morgan fingerprint density at radius 3 is 2.12 bits per heavy atom. The van der Waals surface area contributed by atoms with Crippen LogP contribution >= 0.6 is 0 Å². The summed E-state index contributed by atoms with van der Waals surface area (Å²) >= 11 is 0. The minimum absolute atomic E-state index is 0.145. The number of aliphatic hydroxyl groups is 1. The SMILES string of the molecule is CC[C@@]1([C@](C)(O)c2ccccc2)OC[C@@H](c2ccccc2)N1S(=O)(=O)c1ccc(C)cc1. The Morgan fingerprint density at radius 2 is 1.56 bits per heavy atom. The molecule has 0 bridgehead atoms. The van der Waals surface area contributed by atoms with Gasteiger partial charge in [-0.2, -0.15) is 4.31 Å². The molecule has 1 aliphatic rings. The predicted molar refractivity (Wildman–Crippen MR) is 124 cm³/mol. The van der Waals surface area contributed by atoms with E-state index in [0.29, 0.717) is 5.56 Å². The highest BCUT2D eigenvalue weighted by molar-refractivity contribution is 7.89. The predicted octanol–water partition coefficient (Wildman–Crippen LogP) is 4.77. The Hall–Kier alpha value is -2.51. The molecule has 5 nitrogen and oxygen atoms in total. The number of ether oxygens (including phenoxy) is 1. The molecule has 1 N–H and O–H groups in total. The lowest BCUT2D eigenvalue weighted by atomic mass is 9.83. The van der Waals surface area contributed by atoms with Crippen molar-refractivity contribution >= 4 is 10.0 Å². The number of rotatable bonds is 6. The highest BCUT2D eigenvalue weighted by atomic mass is 32.2. The van der Waals surface area contributed by atoms with Gasteiger partial charge in [0.05, 0.1) is 17.5 Å². The van der Waals surface area contributed by atoms with E-state index in [-0.39, 0.29) is 17.9 Å². The lowest BCUT2D eigenvalue weighted by Gasteiger charge is -2.47. The number of benzene rings is 3. The van der Waals surface area contributed by atoms with Crippen LogP contribution in [0.25, 0.3) is 0 Å². The van der Waals surface area contributed by atoms with Crippen molar-refractivity contribution < 1.29 is 18.3 Å². The monoisotopic (exact) mass is 451 g/mol. The molecule has 6 heteroatoms. The number of hydrogen-bond acceptors (Lipinski definition) is 4. The second-order valence-electron chi connectivity index (χ2n) is 8.43. The van der Waals surface area contributed by atoms with Gasteiger partial charge in [0.25, 0.3) is 0 Å². The number of aryl methyl sites for hydroxylation is 1. The van der Waals surface area contributed by atoms with E-state index in [1.54, 1.807) is 43.3 Å². The summed E-state index contributed by atoms with van der Waals surface area (Å²) in [5.41, 5.74) is -0.690. The van der Waals surface area contributed by atoms with Gasteiger partial charge >= 0.3 is 0 Å². The molecule has 0 aliphatic carbocycles. The van der Waals surface area contributed by atoms with Crippen LogP contribution in [0.2, 0.25) is 0 Å². The molecule has 0 unspecified atom stereocenters. The maximum absolute atomic E-state index is 14.1. The zero-order valence-electron chi connectivity index (χ0n) is 18.6. The van der Waals surface area contributed by atoms with Gasteiger partial charge in [-0.15, -0.1) is 0 Å². The molecule has 168 valence electrons. The zero-order valence-corrected chi connectivity index (χ0v) is 19.4.